The van der Waals surface area contributed by atoms with Crippen molar-refractivity contribution in [3.05, 3.63) is 0 Å². The van der Waals surface area contributed by atoms with Crippen LogP contribution in [-0.4, -0.2) is 0 Å². The third-order valence-corrected chi connectivity index (χ3v) is 1.20. The Balaban J connectivity index is 0. The van der Waals surface area contributed by atoms with Crippen molar-refractivity contribution < 1.29 is 40.4 Å². The van der Waals surface area contributed by atoms with E-state index in [1.54, 1.807) is 0 Å². The summed E-state index contributed by atoms with van der Waals surface area (Å²) in [7, 11) is -6.47. The summed E-state index contributed by atoms with van der Waals surface area (Å²) in [5.74, 6) is 0. The van der Waals surface area contributed by atoms with Crippen LogP contribution in [0.5, 0.6) is 0 Å². The van der Waals surface area contributed by atoms with E-state index in [2.05, 4.69) is 4.31 Å². The molecule has 0 aliphatic heterocycles. The van der Waals surface area contributed by atoms with Gasteiger partial charge in [0, 0.05) is 16.5 Å². The molecule has 0 saturated heterocycles. The van der Waals surface area contributed by atoms with Crippen LogP contribution in [0.4, 0.5) is 0 Å². The summed E-state index contributed by atoms with van der Waals surface area (Å²) in [6, 6.07) is 0. The van der Waals surface area contributed by atoms with E-state index in [1.165, 1.54) is 0 Å². The molecular weight excluding hydrogens is 201 g/mol. The fourth-order valence-corrected chi connectivity index (χ4v) is 0.490. The molecule has 0 aromatic rings. The average molecular weight is 201 g/mol. The van der Waals surface area contributed by atoms with Gasteiger partial charge in [0.05, 0.1) is 0 Å². The van der Waals surface area contributed by atoms with Gasteiger partial charge in [-0.2, -0.15) is 17.2 Å². The van der Waals surface area contributed by atoms with Crippen LogP contribution in [0.3, 0.4) is 0 Å². The predicted octanol–water partition coefficient (Wildman–Crippen LogP) is -3.10. The molecule has 0 aromatic heterocycles. The Morgan fingerprint density at radius 2 is 1.12 bits per heavy atom. The van der Waals surface area contributed by atoms with Gasteiger partial charge in [0.2, 0.25) is 0 Å². The van der Waals surface area contributed by atoms with Crippen molar-refractivity contribution in [3.8, 4) is 0 Å². The average Bonchev–Trinajstić information content (AvgIpc) is 1.27. The third-order valence-electron chi connectivity index (χ3n) is 0.133. The van der Waals surface area contributed by atoms with Crippen LogP contribution in [0.1, 0.15) is 0 Å². The molecule has 8 heavy (non-hydrogen) atoms. The molecule has 0 aliphatic carbocycles. The first-order valence-corrected chi connectivity index (χ1v) is 3.29. The van der Waals surface area contributed by atoms with Gasteiger partial charge in [-0.1, -0.05) is 0 Å². The third kappa shape index (κ3) is 10.2. The summed E-state index contributed by atoms with van der Waals surface area (Å²) in [5.41, 5.74) is 0. The molecule has 0 saturated carbocycles. The Hall–Kier alpha value is 1.15. The molecule has 0 bridgehead atoms. The minimum atomic E-state index is -3.24. The molecule has 0 unspecified atom stereocenters. The smallest absolute Gasteiger partial charge is 0 e. The molecule has 5 nitrogen and oxygen atoms in total. The minimum absolute atomic E-state index is 0. The molecule has 0 aliphatic rings. The standard InChI is InChI=1S/Ni.O5P2/c;1-6(2)5-7(3)4/q;-4. The Morgan fingerprint density at radius 1 is 0.875 bits per heavy atom. The first-order valence-electron chi connectivity index (χ1n) is 1.10. The van der Waals surface area contributed by atoms with Crippen LogP contribution in [0, 0.1) is 0 Å². The zero-order chi connectivity index (χ0) is 5.86. The summed E-state index contributed by atoms with van der Waals surface area (Å²) in [6.45, 7) is 0. The SMILES string of the molecule is [Ni].[O-]P([O-])OP([O-])[O-]. The molecular formula is NiO5P2-4. The minimum Gasteiger partial charge on any atom is -0.820 e. The van der Waals surface area contributed by atoms with Crippen molar-refractivity contribution in [1.82, 2.24) is 0 Å². The van der Waals surface area contributed by atoms with Gasteiger partial charge in [0.25, 0.3) is 0 Å². The van der Waals surface area contributed by atoms with Crippen molar-refractivity contribution >= 4 is 17.2 Å². The fourth-order valence-electron chi connectivity index (χ4n) is 0.0544. The molecule has 0 radical (unpaired) electrons. The molecule has 0 atom stereocenters. The number of hydrogen-bond acceptors (Lipinski definition) is 5. The van der Waals surface area contributed by atoms with Crippen molar-refractivity contribution in [3.63, 3.8) is 0 Å². The maximum Gasteiger partial charge on any atom is 0 e. The molecule has 0 amide bonds. The van der Waals surface area contributed by atoms with E-state index in [4.69, 9.17) is 0 Å². The summed E-state index contributed by atoms with van der Waals surface area (Å²) in [4.78, 5) is 37.0. The van der Waals surface area contributed by atoms with Gasteiger partial charge in [-0.25, -0.2) is 0 Å². The van der Waals surface area contributed by atoms with Gasteiger partial charge < -0.3 is 23.9 Å². The van der Waals surface area contributed by atoms with Crippen molar-refractivity contribution in [2.45, 2.75) is 0 Å². The van der Waals surface area contributed by atoms with Crippen LogP contribution in [0.25, 0.3) is 0 Å². The van der Waals surface area contributed by atoms with Crippen LogP contribution in [0.15, 0.2) is 0 Å². The van der Waals surface area contributed by atoms with Gasteiger partial charge in [0.15, 0.2) is 0 Å². The van der Waals surface area contributed by atoms with Crippen molar-refractivity contribution in [2.24, 2.45) is 0 Å². The molecule has 54 valence electrons. The molecule has 8 heteroatoms. The number of hydrogen-bond donors (Lipinski definition) is 0. The van der Waals surface area contributed by atoms with Crippen molar-refractivity contribution in [1.29, 1.82) is 0 Å². The molecule has 0 fully saturated rings. The van der Waals surface area contributed by atoms with E-state index in [0.717, 1.165) is 0 Å². The Bertz CT molecular complexity index is 39.7. The van der Waals surface area contributed by atoms with E-state index < -0.39 is 17.2 Å². The zero-order valence-corrected chi connectivity index (χ0v) is 6.03. The summed E-state index contributed by atoms with van der Waals surface area (Å²) < 4.78 is 3.16. The number of rotatable bonds is 2. The predicted molar refractivity (Wildman–Crippen MR) is 14.9 cm³/mol. The first kappa shape index (κ1) is 11.9. The first-order chi connectivity index (χ1) is 3.13. The van der Waals surface area contributed by atoms with Crippen LogP contribution in [0.2, 0.25) is 0 Å². The van der Waals surface area contributed by atoms with E-state index >= 15 is 0 Å². The Kier molecular flexibility index (Phi) is 9.33. The molecule has 0 aromatic carbocycles. The van der Waals surface area contributed by atoms with E-state index in [-0.39, 0.29) is 16.5 Å². The Labute approximate surface area is 58.2 Å². The van der Waals surface area contributed by atoms with E-state index in [9.17, 15) is 19.6 Å². The summed E-state index contributed by atoms with van der Waals surface area (Å²) in [5, 5.41) is 0. The van der Waals surface area contributed by atoms with Crippen LogP contribution >= 0.6 is 17.2 Å². The van der Waals surface area contributed by atoms with Gasteiger partial charge in [-0.3, -0.25) is 0 Å². The van der Waals surface area contributed by atoms with E-state index in [1.807, 2.05) is 0 Å². The monoisotopic (exact) mass is 200 g/mol. The zero-order valence-electron chi connectivity index (χ0n) is 3.25. The molecule has 0 spiro atoms. The quantitative estimate of drug-likeness (QED) is 0.347. The normalized spacial score (nSPS) is 9.75. The second kappa shape index (κ2) is 6.28. The molecule has 0 N–H and O–H groups in total. The fraction of sp³-hybridized carbons (Fsp3) is 0. The second-order valence-electron chi connectivity index (χ2n) is 0.529. The Morgan fingerprint density at radius 3 is 1.12 bits per heavy atom. The van der Waals surface area contributed by atoms with Crippen LogP contribution < -0.4 is 19.6 Å². The van der Waals surface area contributed by atoms with Gasteiger partial charge in [0.1, 0.15) is 0 Å². The van der Waals surface area contributed by atoms with Gasteiger partial charge >= 0.3 is 0 Å². The largest absolute Gasteiger partial charge is 0.820 e. The maximum absolute atomic E-state index is 9.24. The van der Waals surface area contributed by atoms with E-state index in [0.29, 0.717) is 0 Å². The summed E-state index contributed by atoms with van der Waals surface area (Å²) in [6.07, 6.45) is 0. The molecule has 0 heterocycles. The van der Waals surface area contributed by atoms with Crippen LogP contribution in [-0.2, 0) is 20.8 Å². The van der Waals surface area contributed by atoms with Gasteiger partial charge in [-0.15, -0.1) is 0 Å². The second-order valence-corrected chi connectivity index (χ2v) is 2.08. The topological polar surface area (TPSA) is 101 Å². The maximum atomic E-state index is 9.24. The summed E-state index contributed by atoms with van der Waals surface area (Å²) >= 11 is 0. The van der Waals surface area contributed by atoms with Gasteiger partial charge in [-0.05, 0) is 0 Å². The van der Waals surface area contributed by atoms with Crippen molar-refractivity contribution in [2.75, 3.05) is 0 Å². The molecule has 0 rings (SSSR count).